The normalized spacial score (nSPS) is 10.2. The molecule has 0 aliphatic carbocycles. The van der Waals surface area contributed by atoms with Crippen LogP contribution in [-0.4, -0.2) is 5.11 Å². The third-order valence-corrected chi connectivity index (χ3v) is 2.68. The third-order valence-electron chi connectivity index (χ3n) is 1.09. The van der Waals surface area contributed by atoms with Gasteiger partial charge >= 0.3 is 0 Å². The van der Waals surface area contributed by atoms with Crippen molar-refractivity contribution in [3.05, 3.63) is 25.9 Å². The van der Waals surface area contributed by atoms with Crippen LogP contribution < -0.4 is 0 Å². The Labute approximate surface area is 84.4 Å². The van der Waals surface area contributed by atoms with Crippen LogP contribution in [-0.2, 0) is 0 Å². The van der Waals surface area contributed by atoms with Gasteiger partial charge in [0.25, 0.3) is 0 Å². The van der Waals surface area contributed by atoms with Crippen molar-refractivity contribution in [3.63, 3.8) is 0 Å². The van der Waals surface area contributed by atoms with Gasteiger partial charge < -0.3 is 5.11 Å². The van der Waals surface area contributed by atoms with E-state index in [4.69, 9.17) is 16.7 Å². The van der Waals surface area contributed by atoms with Gasteiger partial charge in [0.2, 0.25) is 0 Å². The predicted molar refractivity (Wildman–Crippen MR) is 48.5 cm³/mol. The van der Waals surface area contributed by atoms with Gasteiger partial charge in [-0.2, -0.15) is 0 Å². The van der Waals surface area contributed by atoms with E-state index in [1.54, 1.807) is 0 Å². The van der Waals surface area contributed by atoms with Crippen molar-refractivity contribution in [2.24, 2.45) is 0 Å². The number of phenols is 1. The number of rotatable bonds is 0. The van der Waals surface area contributed by atoms with Gasteiger partial charge in [-0.05, 0) is 37.9 Å². The smallest absolute Gasteiger partial charge is 0.155 e. The zero-order chi connectivity index (χ0) is 8.59. The summed E-state index contributed by atoms with van der Waals surface area (Å²) in [7, 11) is 0. The maximum Gasteiger partial charge on any atom is 0.155 e. The van der Waals surface area contributed by atoms with Crippen LogP contribution in [0.15, 0.2) is 15.0 Å². The Bertz CT molecular complexity index is 277. The lowest BCUT2D eigenvalue weighted by molar-refractivity contribution is 0.464. The zero-order valence-electron chi connectivity index (χ0n) is 5.04. The molecule has 0 saturated heterocycles. The largest absolute Gasteiger partial charge is 0.505 e. The second-order valence-corrected chi connectivity index (χ2v) is 3.87. The fourth-order valence-electron chi connectivity index (χ4n) is 0.557. The molecule has 0 heterocycles. The van der Waals surface area contributed by atoms with Crippen molar-refractivity contribution in [3.8, 4) is 5.75 Å². The first-order chi connectivity index (χ1) is 5.04. The summed E-state index contributed by atoms with van der Waals surface area (Å²) < 4.78 is 13.0. The van der Waals surface area contributed by atoms with Crippen molar-refractivity contribution in [1.82, 2.24) is 0 Å². The second kappa shape index (κ2) is 3.29. The van der Waals surface area contributed by atoms with Gasteiger partial charge in [0.15, 0.2) is 11.6 Å². The molecule has 0 saturated carbocycles. The molecular formula is C6H2Br2ClFO. The van der Waals surface area contributed by atoms with Crippen molar-refractivity contribution in [2.45, 2.75) is 0 Å². The van der Waals surface area contributed by atoms with Gasteiger partial charge in [0.1, 0.15) is 0 Å². The Morgan fingerprint density at radius 3 is 2.55 bits per heavy atom. The van der Waals surface area contributed by atoms with Gasteiger partial charge in [-0.25, -0.2) is 4.39 Å². The summed E-state index contributed by atoms with van der Waals surface area (Å²) in [5, 5.41) is 9.17. The Balaban J connectivity index is 3.46. The Hall–Kier alpha value is 0.200. The van der Waals surface area contributed by atoms with E-state index < -0.39 is 5.82 Å². The average molecular weight is 304 g/mol. The molecule has 0 bridgehead atoms. The highest BCUT2D eigenvalue weighted by atomic mass is 79.9. The minimum Gasteiger partial charge on any atom is -0.505 e. The number of hydrogen-bond donors (Lipinski definition) is 1. The molecule has 11 heavy (non-hydrogen) atoms. The van der Waals surface area contributed by atoms with Gasteiger partial charge in [0, 0.05) is 0 Å². The van der Waals surface area contributed by atoms with E-state index in [1.807, 2.05) is 0 Å². The SMILES string of the molecule is Oc1c(Cl)cc(Br)c(F)c1Br. The van der Waals surface area contributed by atoms with Crippen LogP contribution >= 0.6 is 43.5 Å². The predicted octanol–water partition coefficient (Wildman–Crippen LogP) is 3.71. The topological polar surface area (TPSA) is 20.2 Å². The lowest BCUT2D eigenvalue weighted by Gasteiger charge is -2.02. The van der Waals surface area contributed by atoms with Crippen LogP contribution in [0.5, 0.6) is 5.75 Å². The van der Waals surface area contributed by atoms with E-state index in [1.165, 1.54) is 6.07 Å². The van der Waals surface area contributed by atoms with Crippen molar-refractivity contribution >= 4 is 43.5 Å². The van der Waals surface area contributed by atoms with Gasteiger partial charge in [-0.3, -0.25) is 0 Å². The quantitative estimate of drug-likeness (QED) is 0.572. The van der Waals surface area contributed by atoms with Crippen LogP contribution in [0.2, 0.25) is 5.02 Å². The Morgan fingerprint density at radius 1 is 1.45 bits per heavy atom. The highest BCUT2D eigenvalue weighted by Crippen LogP contribution is 2.37. The van der Waals surface area contributed by atoms with Gasteiger partial charge in [-0.1, -0.05) is 11.6 Å². The molecule has 1 aromatic carbocycles. The molecule has 0 fully saturated rings. The van der Waals surface area contributed by atoms with Crippen molar-refractivity contribution in [2.75, 3.05) is 0 Å². The monoisotopic (exact) mass is 302 g/mol. The molecule has 0 aromatic heterocycles. The number of benzene rings is 1. The van der Waals surface area contributed by atoms with E-state index in [0.29, 0.717) is 0 Å². The molecular weight excluding hydrogens is 302 g/mol. The standard InChI is InChI=1S/C6H2Br2ClFO/c7-2-1-3(9)6(11)4(8)5(2)10/h1,11H. The number of phenolic OH excluding ortho intramolecular Hbond substituents is 1. The fraction of sp³-hybridized carbons (Fsp3) is 0. The zero-order valence-corrected chi connectivity index (χ0v) is 8.96. The maximum atomic E-state index is 12.9. The highest BCUT2D eigenvalue weighted by molar-refractivity contribution is 9.11. The molecule has 0 spiro atoms. The first kappa shape index (κ1) is 9.29. The minimum absolute atomic E-state index is 0.0307. The molecule has 0 atom stereocenters. The molecule has 0 amide bonds. The number of hydrogen-bond acceptors (Lipinski definition) is 1. The molecule has 1 aromatic rings. The van der Waals surface area contributed by atoms with Crippen LogP contribution in [0.25, 0.3) is 0 Å². The first-order valence-electron chi connectivity index (χ1n) is 2.56. The van der Waals surface area contributed by atoms with Crippen molar-refractivity contribution in [1.29, 1.82) is 0 Å². The Morgan fingerprint density at radius 2 is 2.00 bits per heavy atom. The van der Waals surface area contributed by atoms with Crippen LogP contribution in [0.3, 0.4) is 0 Å². The average Bonchev–Trinajstić information content (AvgIpc) is 1.97. The lowest BCUT2D eigenvalue weighted by Crippen LogP contribution is -1.81. The summed E-state index contributed by atoms with van der Waals surface area (Å²) in [5.41, 5.74) is 0. The van der Waals surface area contributed by atoms with Crippen LogP contribution in [0.1, 0.15) is 0 Å². The van der Waals surface area contributed by atoms with Crippen LogP contribution in [0.4, 0.5) is 4.39 Å². The van der Waals surface area contributed by atoms with E-state index in [0.717, 1.165) is 0 Å². The summed E-state index contributed by atoms with van der Waals surface area (Å²) >= 11 is 11.3. The van der Waals surface area contributed by atoms with E-state index >= 15 is 0 Å². The molecule has 5 heteroatoms. The summed E-state index contributed by atoms with van der Waals surface area (Å²) in [6.45, 7) is 0. The molecule has 0 unspecified atom stereocenters. The molecule has 1 rings (SSSR count). The van der Waals surface area contributed by atoms with E-state index in [9.17, 15) is 4.39 Å². The minimum atomic E-state index is -0.563. The number of aromatic hydroxyl groups is 1. The Kier molecular flexibility index (Phi) is 2.78. The summed E-state index contributed by atoms with van der Waals surface area (Å²) in [5.74, 6) is -0.848. The highest BCUT2D eigenvalue weighted by Gasteiger charge is 2.12. The maximum absolute atomic E-state index is 12.9. The second-order valence-electron chi connectivity index (χ2n) is 1.82. The van der Waals surface area contributed by atoms with E-state index in [2.05, 4.69) is 31.9 Å². The fourth-order valence-corrected chi connectivity index (χ4v) is 2.13. The first-order valence-corrected chi connectivity index (χ1v) is 4.52. The molecule has 1 nitrogen and oxygen atoms in total. The van der Waals surface area contributed by atoms with E-state index in [-0.39, 0.29) is 19.7 Å². The van der Waals surface area contributed by atoms with Gasteiger partial charge in [-0.15, -0.1) is 0 Å². The van der Waals surface area contributed by atoms with Gasteiger partial charge in [0.05, 0.1) is 14.0 Å². The molecule has 0 radical (unpaired) electrons. The summed E-state index contributed by atoms with van der Waals surface area (Å²) in [6, 6.07) is 1.29. The molecule has 60 valence electrons. The molecule has 1 N–H and O–H groups in total. The lowest BCUT2D eigenvalue weighted by atomic mass is 10.3. The van der Waals surface area contributed by atoms with Crippen LogP contribution in [0, 0.1) is 5.82 Å². The summed E-state index contributed by atoms with van der Waals surface area (Å²) in [6.07, 6.45) is 0. The van der Waals surface area contributed by atoms with Crippen molar-refractivity contribution < 1.29 is 9.50 Å². The third kappa shape index (κ3) is 1.68. The number of halogens is 4. The summed E-state index contributed by atoms with van der Waals surface area (Å²) in [4.78, 5) is 0. The molecule has 0 aliphatic rings. The molecule has 0 aliphatic heterocycles.